The first-order chi connectivity index (χ1) is 12.0. The number of halogens is 1. The molecule has 1 aromatic carbocycles. The molecule has 1 saturated carbocycles. The summed E-state index contributed by atoms with van der Waals surface area (Å²) in [5.41, 5.74) is 0.869. The van der Waals surface area contributed by atoms with Gasteiger partial charge in [0.15, 0.2) is 11.5 Å². The molecule has 0 atom stereocenters. The van der Waals surface area contributed by atoms with Crippen molar-refractivity contribution in [2.45, 2.75) is 38.1 Å². The molecule has 2 fully saturated rings. The summed E-state index contributed by atoms with van der Waals surface area (Å²) < 4.78 is 12.2. The van der Waals surface area contributed by atoms with E-state index < -0.39 is 0 Å². The number of hydrogen-bond donors (Lipinski definition) is 0. The van der Waals surface area contributed by atoms with Gasteiger partial charge in [-0.05, 0) is 52.5 Å². The van der Waals surface area contributed by atoms with Crippen LogP contribution in [-0.2, 0) is 4.79 Å². The maximum absolute atomic E-state index is 12.9. The van der Waals surface area contributed by atoms with Crippen LogP contribution in [0, 0.1) is 0 Å². The molecule has 7 heteroatoms. The third-order valence-electron chi connectivity index (χ3n) is 4.52. The molecule has 25 heavy (non-hydrogen) atoms. The Morgan fingerprint density at radius 3 is 2.60 bits per heavy atom. The lowest BCUT2D eigenvalue weighted by Gasteiger charge is -2.29. The normalized spacial score (nSPS) is 20.4. The van der Waals surface area contributed by atoms with Crippen LogP contribution in [0.15, 0.2) is 21.5 Å². The van der Waals surface area contributed by atoms with Crippen molar-refractivity contribution in [3.63, 3.8) is 0 Å². The van der Waals surface area contributed by atoms with Crippen LogP contribution in [0.2, 0.25) is 0 Å². The number of methoxy groups -OCH3 is 2. The molecule has 1 aliphatic heterocycles. The summed E-state index contributed by atoms with van der Waals surface area (Å²) >= 11 is 10.3. The lowest BCUT2D eigenvalue weighted by atomic mass is 9.94. The van der Waals surface area contributed by atoms with E-state index in [1.807, 2.05) is 23.1 Å². The molecule has 134 valence electrons. The largest absolute Gasteiger partial charge is 0.493 e. The van der Waals surface area contributed by atoms with E-state index in [-0.39, 0.29) is 11.9 Å². The van der Waals surface area contributed by atoms with Crippen LogP contribution in [0.4, 0.5) is 0 Å². The minimum absolute atomic E-state index is 0.0211. The van der Waals surface area contributed by atoms with E-state index in [1.54, 1.807) is 14.2 Å². The molecule has 1 amide bonds. The van der Waals surface area contributed by atoms with Crippen molar-refractivity contribution in [3.05, 3.63) is 27.1 Å². The molecule has 3 rings (SSSR count). The monoisotopic (exact) mass is 441 g/mol. The fourth-order valence-electron chi connectivity index (χ4n) is 3.31. The predicted molar refractivity (Wildman–Crippen MR) is 109 cm³/mol. The first-order valence-electron chi connectivity index (χ1n) is 8.23. The standard InChI is InChI=1S/C18H20BrNO3S2/c1-22-14-9-11(8-13(19)16(14)23-2)10-15-17(21)20(18(24)25-15)12-6-4-3-5-7-12/h8-10,12H,3-7H2,1-2H3/b15-10-. The second-order valence-electron chi connectivity index (χ2n) is 6.08. The smallest absolute Gasteiger partial charge is 0.266 e. The van der Waals surface area contributed by atoms with Crippen molar-refractivity contribution >= 4 is 56.2 Å². The van der Waals surface area contributed by atoms with Crippen molar-refractivity contribution < 1.29 is 14.3 Å². The van der Waals surface area contributed by atoms with Crippen molar-refractivity contribution in [2.75, 3.05) is 14.2 Å². The summed E-state index contributed by atoms with van der Waals surface area (Å²) in [4.78, 5) is 15.3. The lowest BCUT2D eigenvalue weighted by Crippen LogP contribution is -2.39. The maximum Gasteiger partial charge on any atom is 0.266 e. The van der Waals surface area contributed by atoms with E-state index in [0.717, 1.165) is 22.9 Å². The number of carbonyl (C=O) groups is 1. The van der Waals surface area contributed by atoms with E-state index in [4.69, 9.17) is 21.7 Å². The van der Waals surface area contributed by atoms with Crippen LogP contribution in [0.1, 0.15) is 37.7 Å². The maximum atomic E-state index is 12.9. The molecule has 0 spiro atoms. The minimum Gasteiger partial charge on any atom is -0.493 e. The Labute approximate surface area is 166 Å². The molecule has 0 bridgehead atoms. The lowest BCUT2D eigenvalue weighted by molar-refractivity contribution is -0.124. The second-order valence-corrected chi connectivity index (χ2v) is 8.61. The average molecular weight is 442 g/mol. The average Bonchev–Trinajstić information content (AvgIpc) is 2.88. The minimum atomic E-state index is 0.0211. The molecule has 0 N–H and O–H groups in total. The summed E-state index contributed by atoms with van der Waals surface area (Å²) in [7, 11) is 3.19. The third kappa shape index (κ3) is 3.88. The van der Waals surface area contributed by atoms with Gasteiger partial charge in [-0.1, -0.05) is 43.2 Å². The molecule has 1 aliphatic carbocycles. The number of thioether (sulfide) groups is 1. The Kier molecular flexibility index (Phi) is 6.07. The molecular formula is C18H20BrNO3S2. The van der Waals surface area contributed by atoms with Gasteiger partial charge in [-0.25, -0.2) is 0 Å². The highest BCUT2D eigenvalue weighted by atomic mass is 79.9. The van der Waals surface area contributed by atoms with Gasteiger partial charge in [-0.3, -0.25) is 9.69 Å². The van der Waals surface area contributed by atoms with E-state index >= 15 is 0 Å². The predicted octanol–water partition coefficient (Wildman–Crippen LogP) is 5.00. The molecular weight excluding hydrogens is 422 g/mol. The van der Waals surface area contributed by atoms with Crippen LogP contribution >= 0.6 is 39.9 Å². The highest BCUT2D eigenvalue weighted by molar-refractivity contribution is 9.10. The van der Waals surface area contributed by atoms with E-state index in [1.165, 1.54) is 31.0 Å². The quantitative estimate of drug-likeness (QED) is 0.485. The van der Waals surface area contributed by atoms with E-state index in [9.17, 15) is 4.79 Å². The molecule has 0 unspecified atom stereocenters. The molecule has 2 aliphatic rings. The van der Waals surface area contributed by atoms with Crippen LogP contribution < -0.4 is 9.47 Å². The van der Waals surface area contributed by atoms with Crippen molar-refractivity contribution in [1.29, 1.82) is 0 Å². The van der Waals surface area contributed by atoms with Gasteiger partial charge in [-0.2, -0.15) is 0 Å². The fourth-order valence-corrected chi connectivity index (χ4v) is 5.33. The number of ether oxygens (including phenoxy) is 2. The van der Waals surface area contributed by atoms with Gasteiger partial charge in [0.1, 0.15) is 4.32 Å². The summed E-state index contributed by atoms with van der Waals surface area (Å²) in [6.07, 6.45) is 7.55. The molecule has 0 radical (unpaired) electrons. The number of rotatable bonds is 4. The first kappa shape index (κ1) is 18.7. The summed E-state index contributed by atoms with van der Waals surface area (Å²) in [5.74, 6) is 1.27. The van der Waals surface area contributed by atoms with Crippen LogP contribution in [0.5, 0.6) is 11.5 Å². The summed E-state index contributed by atoms with van der Waals surface area (Å²) in [6, 6.07) is 4.02. The summed E-state index contributed by atoms with van der Waals surface area (Å²) in [5, 5.41) is 0. The van der Waals surface area contributed by atoms with Gasteiger partial charge >= 0.3 is 0 Å². The Morgan fingerprint density at radius 2 is 1.96 bits per heavy atom. The van der Waals surface area contributed by atoms with Gasteiger partial charge in [0, 0.05) is 6.04 Å². The highest BCUT2D eigenvalue weighted by Gasteiger charge is 2.37. The highest BCUT2D eigenvalue weighted by Crippen LogP contribution is 2.40. The van der Waals surface area contributed by atoms with Crippen molar-refractivity contribution in [2.24, 2.45) is 0 Å². The van der Waals surface area contributed by atoms with Gasteiger partial charge in [0.25, 0.3) is 5.91 Å². The molecule has 1 aromatic rings. The number of nitrogens with zero attached hydrogens (tertiary/aromatic N) is 1. The van der Waals surface area contributed by atoms with Gasteiger partial charge in [-0.15, -0.1) is 0 Å². The molecule has 1 heterocycles. The fraction of sp³-hybridized carbons (Fsp3) is 0.444. The Bertz CT molecular complexity index is 729. The number of amides is 1. The van der Waals surface area contributed by atoms with Crippen molar-refractivity contribution in [1.82, 2.24) is 4.90 Å². The van der Waals surface area contributed by atoms with E-state index in [2.05, 4.69) is 15.9 Å². The number of hydrogen-bond acceptors (Lipinski definition) is 5. The zero-order chi connectivity index (χ0) is 18.0. The summed E-state index contributed by atoms with van der Waals surface area (Å²) in [6.45, 7) is 0. The Morgan fingerprint density at radius 1 is 1.24 bits per heavy atom. The zero-order valence-electron chi connectivity index (χ0n) is 14.2. The van der Waals surface area contributed by atoms with Gasteiger partial charge in [0.2, 0.25) is 0 Å². The van der Waals surface area contributed by atoms with Gasteiger partial charge < -0.3 is 9.47 Å². The topological polar surface area (TPSA) is 38.8 Å². The zero-order valence-corrected chi connectivity index (χ0v) is 17.4. The van der Waals surface area contributed by atoms with Crippen LogP contribution in [0.25, 0.3) is 6.08 Å². The number of carbonyl (C=O) groups excluding carboxylic acids is 1. The molecule has 1 saturated heterocycles. The van der Waals surface area contributed by atoms with E-state index in [0.29, 0.717) is 20.7 Å². The number of thiocarbonyl (C=S) groups is 1. The van der Waals surface area contributed by atoms with Crippen LogP contribution in [0.3, 0.4) is 0 Å². The SMILES string of the molecule is COc1cc(/C=C2\SC(=S)N(C3CCCCC3)C2=O)cc(Br)c1OC. The Balaban J connectivity index is 1.88. The van der Waals surface area contributed by atoms with Gasteiger partial charge in [0.05, 0.1) is 23.6 Å². The first-order valence-corrected chi connectivity index (χ1v) is 10.3. The molecule has 4 nitrogen and oxygen atoms in total. The number of benzene rings is 1. The third-order valence-corrected chi connectivity index (χ3v) is 6.44. The van der Waals surface area contributed by atoms with Crippen molar-refractivity contribution in [3.8, 4) is 11.5 Å². The Hall–Kier alpha value is -1.05. The second kappa shape index (κ2) is 8.10. The van der Waals surface area contributed by atoms with Crippen LogP contribution in [-0.4, -0.2) is 35.4 Å². The molecule has 0 aromatic heterocycles.